The molecule has 0 fully saturated rings. The minimum Gasteiger partial charge on any atom is -0.330 e. The number of hydrogen-bond donors (Lipinski definition) is 1. The van der Waals surface area contributed by atoms with Crippen LogP contribution in [-0.2, 0) is 13.1 Å². The Kier molecular flexibility index (Phi) is 8.62. The van der Waals surface area contributed by atoms with Crippen molar-refractivity contribution in [2.24, 2.45) is 5.73 Å². The van der Waals surface area contributed by atoms with Gasteiger partial charge < -0.3 is 5.73 Å². The van der Waals surface area contributed by atoms with Crippen molar-refractivity contribution in [3.8, 4) is 0 Å². The van der Waals surface area contributed by atoms with Crippen molar-refractivity contribution in [3.05, 3.63) is 69.7 Å². The second kappa shape index (κ2) is 10.7. The number of benzene rings is 2. The molecule has 0 bridgehead atoms. The van der Waals surface area contributed by atoms with Gasteiger partial charge in [0.05, 0.1) is 0 Å². The minimum absolute atomic E-state index is 0.782. The lowest BCUT2D eigenvalue weighted by Gasteiger charge is -2.23. The van der Waals surface area contributed by atoms with Gasteiger partial charge in [0, 0.05) is 23.1 Å². The van der Waals surface area contributed by atoms with Crippen molar-refractivity contribution in [1.82, 2.24) is 4.90 Å². The van der Waals surface area contributed by atoms with Gasteiger partial charge in [-0.3, -0.25) is 4.90 Å². The van der Waals surface area contributed by atoms with Crippen molar-refractivity contribution in [1.29, 1.82) is 0 Å². The molecule has 130 valence electrons. The molecule has 0 radical (unpaired) electrons. The Bertz CT molecular complexity index is 534. The Labute approximate surface area is 155 Å². The van der Waals surface area contributed by atoms with Crippen LogP contribution >= 0.6 is 23.2 Å². The maximum Gasteiger partial charge on any atom is 0.0406 e. The zero-order chi connectivity index (χ0) is 17.2. The summed E-state index contributed by atoms with van der Waals surface area (Å²) in [4.78, 5) is 2.48. The molecule has 2 rings (SSSR count). The van der Waals surface area contributed by atoms with Crippen molar-refractivity contribution in [2.75, 3.05) is 13.1 Å². The molecule has 2 nitrogen and oxygen atoms in total. The van der Waals surface area contributed by atoms with E-state index in [1.165, 1.54) is 30.4 Å². The fraction of sp³-hybridized carbons (Fsp3) is 0.400. The Hall–Kier alpha value is -1.06. The molecule has 24 heavy (non-hydrogen) atoms. The molecule has 2 N–H and O–H groups in total. The van der Waals surface area contributed by atoms with E-state index in [-0.39, 0.29) is 0 Å². The second-order valence-electron chi connectivity index (χ2n) is 6.17. The lowest BCUT2D eigenvalue weighted by Crippen LogP contribution is -2.24. The molecule has 0 atom stereocenters. The highest BCUT2D eigenvalue weighted by molar-refractivity contribution is 6.30. The number of nitrogens with zero attached hydrogens (tertiary/aromatic N) is 1. The molecule has 0 amide bonds. The molecule has 0 unspecified atom stereocenters. The third-order valence-electron chi connectivity index (χ3n) is 4.07. The van der Waals surface area contributed by atoms with Gasteiger partial charge in [-0.1, -0.05) is 60.3 Å². The summed E-state index contributed by atoms with van der Waals surface area (Å²) in [5.74, 6) is 0. The summed E-state index contributed by atoms with van der Waals surface area (Å²) >= 11 is 12.0. The molecular weight excluding hydrogens is 339 g/mol. The lowest BCUT2D eigenvalue weighted by molar-refractivity contribution is 0.250. The first kappa shape index (κ1) is 19.3. The first-order valence-electron chi connectivity index (χ1n) is 8.58. The summed E-state index contributed by atoms with van der Waals surface area (Å²) in [7, 11) is 0. The van der Waals surface area contributed by atoms with E-state index in [0.717, 1.165) is 42.6 Å². The van der Waals surface area contributed by atoms with Gasteiger partial charge in [-0.2, -0.15) is 0 Å². The summed E-state index contributed by atoms with van der Waals surface area (Å²) < 4.78 is 0. The van der Waals surface area contributed by atoms with E-state index in [1.54, 1.807) is 0 Å². The smallest absolute Gasteiger partial charge is 0.0406 e. The molecule has 0 aliphatic heterocycles. The molecular formula is C20H26Cl2N2. The number of unbranched alkanes of at least 4 members (excludes halogenated alkanes) is 3. The molecule has 4 heteroatoms. The van der Waals surface area contributed by atoms with Gasteiger partial charge in [-0.15, -0.1) is 0 Å². The third-order valence-corrected chi connectivity index (χ3v) is 4.57. The van der Waals surface area contributed by atoms with Gasteiger partial charge in [-0.05, 0) is 61.3 Å². The van der Waals surface area contributed by atoms with E-state index in [1.807, 2.05) is 24.3 Å². The normalized spacial score (nSPS) is 11.2. The van der Waals surface area contributed by atoms with Crippen LogP contribution in [0.1, 0.15) is 36.8 Å². The molecule has 0 saturated carbocycles. The first-order valence-corrected chi connectivity index (χ1v) is 9.34. The van der Waals surface area contributed by atoms with Gasteiger partial charge >= 0.3 is 0 Å². The van der Waals surface area contributed by atoms with Crippen molar-refractivity contribution in [2.45, 2.75) is 38.8 Å². The fourth-order valence-corrected chi connectivity index (χ4v) is 3.00. The van der Waals surface area contributed by atoms with Crippen LogP contribution in [0.15, 0.2) is 48.5 Å². The average molecular weight is 365 g/mol. The number of hydrogen-bond acceptors (Lipinski definition) is 2. The largest absolute Gasteiger partial charge is 0.330 e. The summed E-state index contributed by atoms with van der Waals surface area (Å²) in [6, 6.07) is 16.2. The molecule has 0 heterocycles. The molecule has 0 aliphatic rings. The van der Waals surface area contributed by atoms with Crippen molar-refractivity contribution in [3.63, 3.8) is 0 Å². The summed E-state index contributed by atoms with van der Waals surface area (Å²) in [5, 5.41) is 1.56. The minimum atomic E-state index is 0.782. The highest BCUT2D eigenvalue weighted by Crippen LogP contribution is 2.16. The molecule has 2 aromatic rings. The summed E-state index contributed by atoms with van der Waals surface area (Å²) in [6.45, 7) is 3.72. The number of halogens is 2. The second-order valence-corrected chi connectivity index (χ2v) is 7.04. The van der Waals surface area contributed by atoms with Gasteiger partial charge in [0.15, 0.2) is 0 Å². The van der Waals surface area contributed by atoms with Crippen LogP contribution in [0.3, 0.4) is 0 Å². The lowest BCUT2D eigenvalue weighted by atomic mass is 10.1. The van der Waals surface area contributed by atoms with E-state index in [2.05, 4.69) is 29.2 Å². The predicted molar refractivity (Wildman–Crippen MR) is 105 cm³/mol. The molecule has 0 saturated heterocycles. The Morgan fingerprint density at radius 3 is 1.58 bits per heavy atom. The van der Waals surface area contributed by atoms with E-state index in [0.29, 0.717) is 0 Å². The fourth-order valence-electron chi connectivity index (χ4n) is 2.74. The van der Waals surface area contributed by atoms with Gasteiger partial charge in [0.2, 0.25) is 0 Å². The molecule has 0 aromatic heterocycles. The van der Waals surface area contributed by atoms with Crippen LogP contribution in [0.2, 0.25) is 10.0 Å². The zero-order valence-corrected chi connectivity index (χ0v) is 15.6. The highest BCUT2D eigenvalue weighted by atomic mass is 35.5. The van der Waals surface area contributed by atoms with Crippen LogP contribution in [0.25, 0.3) is 0 Å². The third kappa shape index (κ3) is 7.23. The highest BCUT2D eigenvalue weighted by Gasteiger charge is 2.07. The molecule has 0 aliphatic carbocycles. The summed E-state index contributed by atoms with van der Waals surface area (Å²) in [5.41, 5.74) is 8.14. The quantitative estimate of drug-likeness (QED) is 0.562. The van der Waals surface area contributed by atoms with Gasteiger partial charge in [-0.25, -0.2) is 0 Å². The number of rotatable bonds is 10. The van der Waals surface area contributed by atoms with Crippen molar-refractivity contribution >= 4 is 23.2 Å². The van der Waals surface area contributed by atoms with Gasteiger partial charge in [0.1, 0.15) is 0 Å². The Morgan fingerprint density at radius 1 is 0.667 bits per heavy atom. The zero-order valence-electron chi connectivity index (χ0n) is 14.1. The Morgan fingerprint density at radius 2 is 1.12 bits per heavy atom. The van der Waals surface area contributed by atoms with E-state index in [9.17, 15) is 0 Å². The SMILES string of the molecule is NCCCCCCN(Cc1ccc(Cl)cc1)Cc1ccc(Cl)cc1. The van der Waals surface area contributed by atoms with Crippen molar-refractivity contribution < 1.29 is 0 Å². The van der Waals surface area contributed by atoms with E-state index < -0.39 is 0 Å². The predicted octanol–water partition coefficient (Wildman–Crippen LogP) is 5.51. The van der Waals surface area contributed by atoms with Crippen LogP contribution < -0.4 is 5.73 Å². The van der Waals surface area contributed by atoms with Gasteiger partial charge in [0.25, 0.3) is 0 Å². The Balaban J connectivity index is 1.94. The first-order chi connectivity index (χ1) is 11.7. The van der Waals surface area contributed by atoms with Crippen LogP contribution in [-0.4, -0.2) is 18.0 Å². The molecule has 0 spiro atoms. The maximum atomic E-state index is 5.99. The standard InChI is InChI=1S/C20H26Cl2N2/c21-19-9-5-17(6-10-19)15-24(14-4-2-1-3-13-23)16-18-7-11-20(22)12-8-18/h5-12H,1-4,13-16,23H2. The summed E-state index contributed by atoms with van der Waals surface area (Å²) in [6.07, 6.45) is 4.76. The maximum absolute atomic E-state index is 5.99. The monoisotopic (exact) mass is 364 g/mol. The van der Waals surface area contributed by atoms with Crippen LogP contribution in [0.5, 0.6) is 0 Å². The van der Waals surface area contributed by atoms with E-state index >= 15 is 0 Å². The average Bonchev–Trinajstić information content (AvgIpc) is 2.58. The number of nitrogens with two attached hydrogens (primary N) is 1. The van der Waals surface area contributed by atoms with Crippen LogP contribution in [0.4, 0.5) is 0 Å². The van der Waals surface area contributed by atoms with Crippen LogP contribution in [0, 0.1) is 0 Å². The topological polar surface area (TPSA) is 29.3 Å². The van der Waals surface area contributed by atoms with E-state index in [4.69, 9.17) is 28.9 Å². The molecule has 2 aromatic carbocycles.